The normalized spacial score (nSPS) is 27.5. The van der Waals surface area contributed by atoms with Crippen LogP contribution in [0, 0.1) is 11.3 Å². The van der Waals surface area contributed by atoms with E-state index < -0.39 is 0 Å². The summed E-state index contributed by atoms with van der Waals surface area (Å²) in [6.07, 6.45) is 2.76. The molecule has 0 radical (unpaired) electrons. The van der Waals surface area contributed by atoms with Crippen molar-refractivity contribution in [2.24, 2.45) is 11.3 Å². The van der Waals surface area contributed by atoms with Crippen LogP contribution in [0.3, 0.4) is 0 Å². The summed E-state index contributed by atoms with van der Waals surface area (Å²) in [6, 6.07) is 0. The van der Waals surface area contributed by atoms with Crippen molar-refractivity contribution in [1.82, 2.24) is 0 Å². The van der Waals surface area contributed by atoms with Gasteiger partial charge in [0.1, 0.15) is 5.78 Å². The highest BCUT2D eigenvalue weighted by Crippen LogP contribution is 2.37. The first-order chi connectivity index (χ1) is 4.50. The van der Waals surface area contributed by atoms with Crippen molar-refractivity contribution in [3.05, 3.63) is 0 Å². The van der Waals surface area contributed by atoms with Crippen LogP contribution >= 0.6 is 0 Å². The van der Waals surface area contributed by atoms with Gasteiger partial charge < -0.3 is 0 Å². The molecule has 1 aliphatic carbocycles. The Morgan fingerprint density at radius 1 is 1.40 bits per heavy atom. The number of ketones is 1. The number of Topliss-reactive ketones (excluding diaryl/α,β-unsaturated/α-hetero) is 1. The maximum atomic E-state index is 10.9. The highest BCUT2D eigenvalue weighted by molar-refractivity contribution is 5.80. The second kappa shape index (κ2) is 2.37. The van der Waals surface area contributed by atoms with E-state index in [9.17, 15) is 4.79 Å². The quantitative estimate of drug-likeness (QED) is 0.505. The zero-order valence-electron chi connectivity index (χ0n) is 7.11. The van der Waals surface area contributed by atoms with Gasteiger partial charge in [-0.1, -0.05) is 20.8 Å². The summed E-state index contributed by atoms with van der Waals surface area (Å²) in [7, 11) is 0. The average Bonchev–Trinajstić information content (AvgIpc) is 2.11. The Morgan fingerprint density at radius 3 is 2.20 bits per heavy atom. The van der Waals surface area contributed by atoms with Crippen molar-refractivity contribution in [1.29, 1.82) is 0 Å². The van der Waals surface area contributed by atoms with Crippen LogP contribution in [0.5, 0.6) is 0 Å². The lowest BCUT2D eigenvalue weighted by Crippen LogP contribution is -2.17. The maximum Gasteiger partial charge on any atom is 0.133 e. The van der Waals surface area contributed by atoms with Gasteiger partial charge in [-0.25, -0.2) is 0 Å². The monoisotopic (exact) mass is 140 g/mol. The van der Waals surface area contributed by atoms with E-state index in [1.54, 1.807) is 0 Å². The summed E-state index contributed by atoms with van der Waals surface area (Å²) in [5.74, 6) is 1.10. The van der Waals surface area contributed by atoms with Gasteiger partial charge in [0, 0.05) is 12.8 Å². The molecular weight excluding hydrogens is 124 g/mol. The molecule has 1 aliphatic rings. The van der Waals surface area contributed by atoms with E-state index >= 15 is 0 Å². The van der Waals surface area contributed by atoms with Gasteiger partial charge in [0.05, 0.1) is 0 Å². The first kappa shape index (κ1) is 7.77. The molecule has 58 valence electrons. The minimum absolute atomic E-state index is 0.339. The summed E-state index contributed by atoms with van der Waals surface area (Å²) in [6.45, 7) is 6.66. The number of hydrogen-bond acceptors (Lipinski definition) is 1. The first-order valence-electron chi connectivity index (χ1n) is 4.02. The molecule has 1 fully saturated rings. The molecule has 1 rings (SSSR count). The zero-order chi connectivity index (χ0) is 7.78. The van der Waals surface area contributed by atoms with E-state index in [1.807, 2.05) is 0 Å². The third kappa shape index (κ3) is 1.59. The fourth-order valence-corrected chi connectivity index (χ4v) is 1.55. The molecule has 1 nitrogen and oxygen atoms in total. The predicted molar refractivity (Wildman–Crippen MR) is 41.8 cm³/mol. The molecule has 0 amide bonds. The molecule has 0 heterocycles. The summed E-state index contributed by atoms with van der Waals surface area (Å²) >= 11 is 0. The summed E-state index contributed by atoms with van der Waals surface area (Å²) in [5, 5.41) is 0. The van der Waals surface area contributed by atoms with E-state index in [-0.39, 0.29) is 0 Å². The predicted octanol–water partition coefficient (Wildman–Crippen LogP) is 2.40. The van der Waals surface area contributed by atoms with Gasteiger partial charge in [0.15, 0.2) is 0 Å². The van der Waals surface area contributed by atoms with Crippen LogP contribution in [-0.2, 0) is 4.79 Å². The Bertz CT molecular complexity index is 141. The van der Waals surface area contributed by atoms with Gasteiger partial charge in [0.25, 0.3) is 0 Å². The van der Waals surface area contributed by atoms with E-state index in [0.717, 1.165) is 19.3 Å². The summed E-state index contributed by atoms with van der Waals surface area (Å²) < 4.78 is 0. The van der Waals surface area contributed by atoms with Crippen molar-refractivity contribution in [2.45, 2.75) is 40.0 Å². The van der Waals surface area contributed by atoms with Gasteiger partial charge >= 0.3 is 0 Å². The van der Waals surface area contributed by atoms with Crippen LogP contribution in [0.4, 0.5) is 0 Å². The van der Waals surface area contributed by atoms with Gasteiger partial charge in [-0.2, -0.15) is 0 Å². The lowest BCUT2D eigenvalue weighted by molar-refractivity contribution is -0.117. The standard InChI is InChI=1S/C9H16O/c1-9(2,3)7-4-5-8(10)6-7/h7H,4-6H2,1-3H3/t7-/m0/s1. The molecule has 1 saturated carbocycles. The van der Waals surface area contributed by atoms with E-state index in [2.05, 4.69) is 20.8 Å². The fraction of sp³-hybridized carbons (Fsp3) is 0.889. The van der Waals surface area contributed by atoms with Gasteiger partial charge in [-0.05, 0) is 17.8 Å². The molecule has 1 atom stereocenters. The second-order valence-electron chi connectivity index (χ2n) is 4.34. The van der Waals surface area contributed by atoms with Crippen LogP contribution in [0.2, 0.25) is 0 Å². The summed E-state index contributed by atoms with van der Waals surface area (Å²) in [5.41, 5.74) is 0.339. The van der Waals surface area contributed by atoms with Crippen molar-refractivity contribution >= 4 is 5.78 Å². The van der Waals surface area contributed by atoms with Crippen LogP contribution < -0.4 is 0 Å². The smallest absolute Gasteiger partial charge is 0.133 e. The minimum atomic E-state index is 0.339. The lowest BCUT2D eigenvalue weighted by atomic mass is 9.80. The third-order valence-electron chi connectivity index (χ3n) is 2.47. The molecule has 1 heteroatoms. The van der Waals surface area contributed by atoms with Crippen LogP contribution in [-0.4, -0.2) is 5.78 Å². The Balaban J connectivity index is 2.53. The highest BCUT2D eigenvalue weighted by Gasteiger charge is 2.31. The van der Waals surface area contributed by atoms with Crippen molar-refractivity contribution in [3.63, 3.8) is 0 Å². The molecular formula is C9H16O. The highest BCUT2D eigenvalue weighted by atomic mass is 16.1. The van der Waals surface area contributed by atoms with E-state index in [1.165, 1.54) is 0 Å². The molecule has 0 aromatic rings. The van der Waals surface area contributed by atoms with Crippen LogP contribution in [0.1, 0.15) is 40.0 Å². The number of carbonyl (C=O) groups excluding carboxylic acids is 1. The van der Waals surface area contributed by atoms with Crippen molar-refractivity contribution < 1.29 is 4.79 Å². The SMILES string of the molecule is CC(C)(C)[C@H]1CCC(=O)C1. The van der Waals surface area contributed by atoms with Crippen molar-refractivity contribution in [2.75, 3.05) is 0 Å². The molecule has 10 heavy (non-hydrogen) atoms. The molecule has 0 aromatic heterocycles. The molecule has 0 aliphatic heterocycles. The maximum absolute atomic E-state index is 10.9. The van der Waals surface area contributed by atoms with Gasteiger partial charge in [-0.15, -0.1) is 0 Å². The van der Waals surface area contributed by atoms with Crippen LogP contribution in [0.15, 0.2) is 0 Å². The lowest BCUT2D eigenvalue weighted by Gasteiger charge is -2.25. The Morgan fingerprint density at radius 2 is 2.00 bits per heavy atom. The van der Waals surface area contributed by atoms with E-state index in [0.29, 0.717) is 17.1 Å². The third-order valence-corrected chi connectivity index (χ3v) is 2.47. The fourth-order valence-electron chi connectivity index (χ4n) is 1.55. The van der Waals surface area contributed by atoms with Crippen molar-refractivity contribution in [3.8, 4) is 0 Å². The van der Waals surface area contributed by atoms with Gasteiger partial charge in [0.2, 0.25) is 0 Å². The Labute approximate surface area is 62.8 Å². The first-order valence-corrected chi connectivity index (χ1v) is 4.02. The zero-order valence-corrected chi connectivity index (χ0v) is 7.11. The molecule has 0 saturated heterocycles. The van der Waals surface area contributed by atoms with Gasteiger partial charge in [-0.3, -0.25) is 4.79 Å². The van der Waals surface area contributed by atoms with E-state index in [4.69, 9.17) is 0 Å². The Hall–Kier alpha value is -0.330. The molecule has 0 unspecified atom stereocenters. The van der Waals surface area contributed by atoms with Crippen LogP contribution in [0.25, 0.3) is 0 Å². The Kier molecular flexibility index (Phi) is 1.84. The topological polar surface area (TPSA) is 17.1 Å². The minimum Gasteiger partial charge on any atom is -0.300 e. The number of rotatable bonds is 0. The average molecular weight is 140 g/mol. The molecule has 0 spiro atoms. The summed E-state index contributed by atoms with van der Waals surface area (Å²) in [4.78, 5) is 10.9. The number of carbonyl (C=O) groups is 1. The molecule has 0 aromatic carbocycles. The number of hydrogen-bond donors (Lipinski definition) is 0. The molecule has 0 N–H and O–H groups in total. The largest absolute Gasteiger partial charge is 0.300 e. The molecule has 0 bridgehead atoms. The second-order valence-corrected chi connectivity index (χ2v) is 4.34.